The van der Waals surface area contributed by atoms with E-state index in [0.717, 1.165) is 23.9 Å². The fourth-order valence-corrected chi connectivity index (χ4v) is 17.6. The molecule has 28 heteroatoms. The second kappa shape index (κ2) is 26.2. The molecule has 6 aliphatic rings. The molecule has 0 spiro atoms. The highest BCUT2D eigenvalue weighted by Crippen LogP contribution is 2.47. The van der Waals surface area contributed by atoms with Crippen LogP contribution in [0.25, 0.3) is 0 Å². The minimum absolute atomic E-state index is 0.00147. The van der Waals surface area contributed by atoms with Gasteiger partial charge in [-0.05, 0) is 139 Å². The first-order chi connectivity index (χ1) is 46.0. The van der Waals surface area contributed by atoms with E-state index >= 15 is 14.4 Å². The largest absolute Gasteiger partial charge is 0.416 e. The van der Waals surface area contributed by atoms with Crippen LogP contribution >= 0.6 is 0 Å². The Labute approximate surface area is 563 Å². The van der Waals surface area contributed by atoms with E-state index in [-0.39, 0.29) is 156 Å². The van der Waals surface area contributed by atoms with Crippen molar-refractivity contribution in [2.24, 2.45) is 5.41 Å². The lowest BCUT2D eigenvalue weighted by Gasteiger charge is -2.47. The molecule has 4 unspecified atom stereocenters. The van der Waals surface area contributed by atoms with E-state index in [2.05, 4.69) is 35.5 Å². The van der Waals surface area contributed by atoms with Gasteiger partial charge in [-0.2, -0.15) is 59.1 Å². The number of benzene rings is 3. The third-order valence-electron chi connectivity index (χ3n) is 21.5. The average molecular weight is 1390 g/mol. The number of nitrogens with zero attached hydrogens (tertiary/aromatic N) is 9. The van der Waals surface area contributed by atoms with Gasteiger partial charge in [-0.15, -0.1) is 0 Å². The van der Waals surface area contributed by atoms with Crippen molar-refractivity contribution >= 4 is 33.7 Å². The summed E-state index contributed by atoms with van der Waals surface area (Å²) in [7, 11) is -3.83. The number of sulfonamides is 1. The number of amides is 4. The van der Waals surface area contributed by atoms with Crippen molar-refractivity contribution in [2.45, 2.75) is 197 Å². The van der Waals surface area contributed by atoms with Crippen LogP contribution < -0.4 is 0 Å². The van der Waals surface area contributed by atoms with Gasteiger partial charge in [0.2, 0.25) is 15.9 Å². The zero-order valence-electron chi connectivity index (χ0n) is 55.9. The molecule has 3 aromatic heterocycles. The summed E-state index contributed by atoms with van der Waals surface area (Å²) in [6.45, 7) is 13.6. The molecule has 0 radical (unpaired) electrons. The predicted octanol–water partition coefficient (Wildman–Crippen LogP) is 12.4. The van der Waals surface area contributed by atoms with E-state index < -0.39 is 103 Å². The number of carbonyl (C=O) groups excluding carboxylic acids is 4. The third kappa shape index (κ3) is 13.7. The van der Waals surface area contributed by atoms with E-state index in [0.29, 0.717) is 53.9 Å². The molecule has 98 heavy (non-hydrogen) atoms. The normalized spacial score (nSPS) is 21.4. The Bertz CT molecular complexity index is 4120. The summed E-state index contributed by atoms with van der Waals surface area (Å²) in [5.41, 5.74) is -0.218. The molecule has 3 N–H and O–H groups in total. The number of alkyl halides is 9. The number of rotatable bonds is 13. The minimum atomic E-state index is -4.68. The number of aromatic nitrogens is 6. The average Bonchev–Trinajstić information content (AvgIpc) is 1.44. The quantitative estimate of drug-likeness (QED) is 0.0932. The second-order valence-corrected chi connectivity index (χ2v) is 32.3. The van der Waals surface area contributed by atoms with Crippen molar-refractivity contribution in [3.8, 4) is 0 Å². The Kier molecular flexibility index (Phi) is 18.8. The van der Waals surface area contributed by atoms with Crippen LogP contribution in [-0.4, -0.2) is 160 Å². The maximum atomic E-state index is 15.5. The third-order valence-corrected chi connectivity index (χ3v) is 24.1. The van der Waals surface area contributed by atoms with Crippen molar-refractivity contribution in [3.05, 3.63) is 157 Å². The van der Waals surface area contributed by atoms with E-state index in [1.807, 2.05) is 13.8 Å². The van der Waals surface area contributed by atoms with Crippen molar-refractivity contribution in [3.63, 3.8) is 0 Å². The summed E-state index contributed by atoms with van der Waals surface area (Å²) in [4.78, 5) is 68.8. The number of piperidine rings is 3. The number of carbonyl (C=O) groups is 4. The summed E-state index contributed by atoms with van der Waals surface area (Å²) in [6.07, 6.45) is -11.5. The van der Waals surface area contributed by atoms with Crippen LogP contribution in [0.4, 0.5) is 39.5 Å². The Morgan fingerprint density at radius 2 is 0.867 bits per heavy atom. The van der Waals surface area contributed by atoms with E-state index in [9.17, 15) is 52.7 Å². The highest BCUT2D eigenvalue weighted by molar-refractivity contribution is 7.90. The molecule has 3 aromatic carbocycles. The lowest BCUT2D eigenvalue weighted by atomic mass is 9.76. The number of H-pyrrole nitrogens is 3. The van der Waals surface area contributed by atoms with Crippen LogP contribution in [0.5, 0.6) is 0 Å². The summed E-state index contributed by atoms with van der Waals surface area (Å²) >= 11 is 0. The van der Waals surface area contributed by atoms with Crippen LogP contribution in [0.15, 0.2) is 72.8 Å². The van der Waals surface area contributed by atoms with Gasteiger partial charge in [-0.3, -0.25) is 39.4 Å². The van der Waals surface area contributed by atoms with Crippen molar-refractivity contribution in [2.75, 3.05) is 45.8 Å². The first kappa shape index (κ1) is 70.3. The lowest BCUT2D eigenvalue weighted by molar-refractivity contribution is -0.142. The van der Waals surface area contributed by atoms with Gasteiger partial charge in [0.25, 0.3) is 17.7 Å². The SMILES string of the molecule is CC(C)(CC1CC(c2ccccc2C(F)(F)F)CCN1C(=O)c1n[nH]c2c1CN(S(=O)(=O)C(C)(C)C)CC2)C(=O)N1CCc2[nH]nc(C(=O)N3CCC(c4ccccc4C(F)(F)F)CC3CC(C)(C)N3CCc4[nH]nc(C(=O)N5CCC(c6ccccc6C(F)(F)F)CC5)c4C3)c2C1. The number of hydrogen-bond acceptors (Lipinski definition) is 10. The van der Waals surface area contributed by atoms with Gasteiger partial charge in [-0.25, -0.2) is 8.42 Å². The molecule has 9 heterocycles. The summed E-state index contributed by atoms with van der Waals surface area (Å²) in [6, 6.07) is 14.8. The summed E-state index contributed by atoms with van der Waals surface area (Å²) in [5.74, 6) is -3.46. The lowest BCUT2D eigenvalue weighted by Crippen LogP contribution is -2.54. The number of likely N-dealkylation sites (tertiary alicyclic amines) is 3. The molecular formula is C70H83F9N12O6S. The Morgan fingerprint density at radius 1 is 0.469 bits per heavy atom. The highest BCUT2D eigenvalue weighted by atomic mass is 32.2. The van der Waals surface area contributed by atoms with E-state index in [1.54, 1.807) is 66.4 Å². The maximum Gasteiger partial charge on any atom is 0.416 e. The monoisotopic (exact) mass is 1390 g/mol. The maximum absolute atomic E-state index is 15.5. The number of nitrogens with one attached hydrogen (secondary N) is 3. The molecule has 18 nitrogen and oxygen atoms in total. The van der Waals surface area contributed by atoms with Gasteiger partial charge in [-0.1, -0.05) is 68.4 Å². The molecule has 6 aromatic rings. The molecule has 3 fully saturated rings. The smallest absolute Gasteiger partial charge is 0.337 e. The minimum Gasteiger partial charge on any atom is -0.337 e. The van der Waals surface area contributed by atoms with E-state index in [4.69, 9.17) is 0 Å². The number of fused-ring (bicyclic) bond motifs is 3. The zero-order valence-corrected chi connectivity index (χ0v) is 56.8. The topological polar surface area (TPSA) is 208 Å². The van der Waals surface area contributed by atoms with Crippen LogP contribution in [0.2, 0.25) is 0 Å². The van der Waals surface area contributed by atoms with Crippen molar-refractivity contribution < 1.29 is 67.1 Å². The second-order valence-electron chi connectivity index (χ2n) is 29.6. The van der Waals surface area contributed by atoms with Crippen LogP contribution in [0, 0.1) is 5.41 Å². The number of hydrogen-bond donors (Lipinski definition) is 3. The predicted molar refractivity (Wildman–Crippen MR) is 345 cm³/mol. The fourth-order valence-electron chi connectivity index (χ4n) is 16.2. The van der Waals surface area contributed by atoms with Crippen LogP contribution in [0.3, 0.4) is 0 Å². The van der Waals surface area contributed by atoms with Gasteiger partial charge < -0.3 is 19.6 Å². The van der Waals surface area contributed by atoms with Crippen LogP contribution in [0.1, 0.15) is 216 Å². The number of halogens is 9. The van der Waals surface area contributed by atoms with E-state index in [1.165, 1.54) is 46.8 Å². The first-order valence-corrected chi connectivity index (χ1v) is 35.1. The Balaban J connectivity index is 0.782. The molecule has 0 aliphatic carbocycles. The van der Waals surface area contributed by atoms with Gasteiger partial charge in [0.15, 0.2) is 17.1 Å². The zero-order chi connectivity index (χ0) is 70.4. The van der Waals surface area contributed by atoms with Crippen LogP contribution in [-0.2, 0) is 72.2 Å². The highest BCUT2D eigenvalue weighted by Gasteiger charge is 2.49. The van der Waals surface area contributed by atoms with Crippen molar-refractivity contribution in [1.82, 2.24) is 59.4 Å². The molecule has 12 rings (SSSR count). The molecule has 528 valence electrons. The molecule has 3 saturated heterocycles. The molecule has 6 aliphatic heterocycles. The van der Waals surface area contributed by atoms with Gasteiger partial charge in [0.05, 0.1) is 21.4 Å². The Morgan fingerprint density at radius 3 is 1.34 bits per heavy atom. The summed E-state index contributed by atoms with van der Waals surface area (Å²) < 4.78 is 158. The van der Waals surface area contributed by atoms with Gasteiger partial charge in [0.1, 0.15) is 0 Å². The van der Waals surface area contributed by atoms with Gasteiger partial charge >= 0.3 is 18.5 Å². The molecule has 0 saturated carbocycles. The molecule has 4 amide bonds. The Hall–Kier alpha value is -7.59. The molecule has 0 bridgehead atoms. The first-order valence-electron chi connectivity index (χ1n) is 33.6. The summed E-state index contributed by atoms with van der Waals surface area (Å²) in [5, 5.41) is 22.5. The fraction of sp³-hybridized carbons (Fsp3) is 0.557. The molecular weight excluding hydrogens is 1310 g/mol. The van der Waals surface area contributed by atoms with Crippen molar-refractivity contribution in [1.29, 1.82) is 0 Å². The number of aromatic amines is 3. The van der Waals surface area contributed by atoms with Gasteiger partial charge in [0, 0.05) is 142 Å². The molecule has 4 atom stereocenters. The standard InChI is InChI=1S/C70H83F9N12O6S/c1-65(2,3)98(96,97)89-31-26-57-51(40-89)60(85-82-57)63(94)90-32-22-42(47-15-9-12-18-53(47)69(74,75)76)34-44(90)36-66(4,5)64(95)87-29-24-55-49(38-87)59(84-80-55)62(93)91-33-23-43(48-16-10-13-19-54(48)70(77,78)79)35-45(91)37-67(6,7)88-30-25-56-50(39-88)58(83-81-56)61(92)86-27-20-41(21-28-86)46-14-8-11-17-52(46)68(71,72)73/h8-19,41-45H,20-40H2,1-7H3,(H,80,84)(H,81,83)(H,82,85).